The third-order valence-electron chi connectivity index (χ3n) is 3.52. The van der Waals surface area contributed by atoms with Crippen molar-refractivity contribution in [3.63, 3.8) is 0 Å². The van der Waals surface area contributed by atoms with Gasteiger partial charge in [-0.1, -0.05) is 25.1 Å². The summed E-state index contributed by atoms with van der Waals surface area (Å²) in [5.41, 5.74) is 2.33. The van der Waals surface area contributed by atoms with Gasteiger partial charge >= 0.3 is 0 Å². The van der Waals surface area contributed by atoms with Crippen molar-refractivity contribution in [3.05, 3.63) is 47.8 Å². The van der Waals surface area contributed by atoms with Crippen LogP contribution in [-0.2, 0) is 13.5 Å². The minimum Gasteiger partial charge on any atom is -0.488 e. The van der Waals surface area contributed by atoms with Crippen LogP contribution in [0.25, 0.3) is 0 Å². The molecule has 2 aromatic rings. The Morgan fingerprint density at radius 3 is 2.95 bits per heavy atom. The van der Waals surface area contributed by atoms with Crippen molar-refractivity contribution in [2.24, 2.45) is 7.05 Å². The Bertz CT molecular complexity index is 539. The molecule has 0 fully saturated rings. The number of ether oxygens (including phenoxy) is 1. The first-order valence-electron chi connectivity index (χ1n) is 6.75. The van der Waals surface area contributed by atoms with E-state index in [2.05, 4.69) is 35.5 Å². The van der Waals surface area contributed by atoms with E-state index in [1.54, 1.807) is 0 Å². The number of hydrogen-bond acceptors (Lipinski definition) is 3. The Labute approximate surface area is 113 Å². The van der Waals surface area contributed by atoms with E-state index in [1.165, 1.54) is 5.56 Å². The summed E-state index contributed by atoms with van der Waals surface area (Å²) in [6, 6.07) is 10.4. The van der Waals surface area contributed by atoms with Crippen LogP contribution in [-0.4, -0.2) is 22.4 Å². The fraction of sp³-hybridized carbons (Fsp3) is 0.400. The van der Waals surface area contributed by atoms with Crippen LogP contribution in [0.1, 0.15) is 24.2 Å². The van der Waals surface area contributed by atoms with Crippen molar-refractivity contribution >= 4 is 0 Å². The van der Waals surface area contributed by atoms with Crippen LogP contribution in [0.4, 0.5) is 0 Å². The van der Waals surface area contributed by atoms with Crippen LogP contribution in [0, 0.1) is 0 Å². The number of likely N-dealkylation sites (N-methyl/N-ethyl adjacent to an activating group) is 1. The Hall–Kier alpha value is -1.81. The zero-order valence-electron chi connectivity index (χ0n) is 11.3. The molecule has 0 aliphatic carbocycles. The highest BCUT2D eigenvalue weighted by atomic mass is 16.5. The van der Waals surface area contributed by atoms with Crippen LogP contribution < -0.4 is 10.1 Å². The summed E-state index contributed by atoms with van der Waals surface area (Å²) in [4.78, 5) is 0. The summed E-state index contributed by atoms with van der Waals surface area (Å²) >= 11 is 0. The van der Waals surface area contributed by atoms with Crippen LogP contribution in [0.3, 0.4) is 0 Å². The van der Waals surface area contributed by atoms with Gasteiger partial charge in [-0.15, -0.1) is 0 Å². The normalized spacial score (nSPS) is 18.9. The molecule has 0 saturated heterocycles. The lowest BCUT2D eigenvalue weighted by atomic mass is 10.0. The molecule has 4 heteroatoms. The van der Waals surface area contributed by atoms with Crippen LogP contribution in [0.2, 0.25) is 0 Å². The number of hydrogen-bond donors (Lipinski definition) is 1. The first-order valence-corrected chi connectivity index (χ1v) is 6.75. The van der Waals surface area contributed by atoms with E-state index in [-0.39, 0.29) is 12.1 Å². The van der Waals surface area contributed by atoms with E-state index < -0.39 is 0 Å². The average molecular weight is 257 g/mol. The highest BCUT2D eigenvalue weighted by Gasteiger charge is 2.31. The molecule has 0 saturated carbocycles. The van der Waals surface area contributed by atoms with Gasteiger partial charge in [-0.2, -0.15) is 5.10 Å². The maximum atomic E-state index is 6.07. The van der Waals surface area contributed by atoms with E-state index in [1.807, 2.05) is 30.1 Å². The zero-order valence-corrected chi connectivity index (χ0v) is 11.3. The number of rotatable bonds is 4. The van der Waals surface area contributed by atoms with E-state index in [0.29, 0.717) is 0 Å². The predicted octanol–water partition coefficient (Wildman–Crippen LogP) is 2.07. The summed E-state index contributed by atoms with van der Waals surface area (Å²) in [6.45, 7) is 3.01. The molecule has 1 aromatic carbocycles. The standard InChI is InChI=1S/C15H19N3O/c1-3-16-15(12-8-9-18(2)17-12)14-10-11-6-4-5-7-13(11)19-14/h4-9,14-16H,3,10H2,1-2H3. The minimum absolute atomic E-state index is 0.118. The number of aromatic nitrogens is 2. The van der Waals surface area contributed by atoms with Crippen molar-refractivity contribution in [1.82, 2.24) is 15.1 Å². The lowest BCUT2D eigenvalue weighted by Crippen LogP contribution is -2.35. The molecule has 1 aromatic heterocycles. The molecule has 0 bridgehead atoms. The number of benzene rings is 1. The monoisotopic (exact) mass is 257 g/mol. The molecule has 4 nitrogen and oxygen atoms in total. The van der Waals surface area contributed by atoms with Gasteiger partial charge < -0.3 is 10.1 Å². The van der Waals surface area contributed by atoms with Gasteiger partial charge in [0.2, 0.25) is 0 Å². The van der Waals surface area contributed by atoms with Gasteiger partial charge in [0.25, 0.3) is 0 Å². The Morgan fingerprint density at radius 2 is 2.26 bits per heavy atom. The van der Waals surface area contributed by atoms with E-state index >= 15 is 0 Å². The molecule has 0 spiro atoms. The average Bonchev–Trinajstić information content (AvgIpc) is 3.01. The van der Waals surface area contributed by atoms with E-state index in [4.69, 9.17) is 4.74 Å². The molecule has 2 heterocycles. The number of para-hydroxylation sites is 1. The molecule has 0 radical (unpaired) electrons. The Morgan fingerprint density at radius 1 is 1.42 bits per heavy atom. The second-order valence-electron chi connectivity index (χ2n) is 4.92. The molecular formula is C15H19N3O. The summed E-state index contributed by atoms with van der Waals surface area (Å²) in [6.07, 6.45) is 3.03. The molecule has 3 rings (SSSR count). The van der Waals surface area contributed by atoms with Crippen molar-refractivity contribution in [1.29, 1.82) is 0 Å². The number of nitrogens with one attached hydrogen (secondary N) is 1. The Kier molecular flexibility index (Phi) is 3.25. The second kappa shape index (κ2) is 5.05. The van der Waals surface area contributed by atoms with Crippen LogP contribution >= 0.6 is 0 Å². The number of aryl methyl sites for hydroxylation is 1. The molecule has 1 N–H and O–H groups in total. The molecule has 2 atom stereocenters. The first kappa shape index (κ1) is 12.2. The van der Waals surface area contributed by atoms with E-state index in [9.17, 15) is 0 Å². The second-order valence-corrected chi connectivity index (χ2v) is 4.92. The van der Waals surface area contributed by atoms with Gasteiger partial charge in [-0.05, 0) is 24.2 Å². The molecule has 100 valence electrons. The Balaban J connectivity index is 1.83. The number of fused-ring (bicyclic) bond motifs is 1. The topological polar surface area (TPSA) is 39.1 Å². The molecule has 1 aliphatic rings. The third kappa shape index (κ3) is 2.36. The lowest BCUT2D eigenvalue weighted by molar-refractivity contribution is 0.177. The summed E-state index contributed by atoms with van der Waals surface area (Å²) in [5, 5.41) is 8.00. The smallest absolute Gasteiger partial charge is 0.124 e. The fourth-order valence-corrected chi connectivity index (χ4v) is 2.64. The summed E-state index contributed by atoms with van der Waals surface area (Å²) in [7, 11) is 1.94. The van der Waals surface area contributed by atoms with Crippen molar-refractivity contribution in [3.8, 4) is 5.75 Å². The van der Waals surface area contributed by atoms with Gasteiger partial charge in [-0.3, -0.25) is 4.68 Å². The zero-order chi connectivity index (χ0) is 13.2. The number of nitrogens with zero attached hydrogens (tertiary/aromatic N) is 2. The van der Waals surface area contributed by atoms with E-state index in [0.717, 1.165) is 24.4 Å². The quantitative estimate of drug-likeness (QED) is 0.911. The largest absolute Gasteiger partial charge is 0.488 e. The van der Waals surface area contributed by atoms with Crippen molar-refractivity contribution in [2.75, 3.05) is 6.54 Å². The maximum Gasteiger partial charge on any atom is 0.124 e. The summed E-state index contributed by atoms with van der Waals surface area (Å²) < 4.78 is 7.91. The van der Waals surface area contributed by atoms with Gasteiger partial charge in [0, 0.05) is 19.7 Å². The lowest BCUT2D eigenvalue weighted by Gasteiger charge is -2.22. The highest BCUT2D eigenvalue weighted by molar-refractivity contribution is 5.38. The van der Waals surface area contributed by atoms with Gasteiger partial charge in [0.15, 0.2) is 0 Å². The first-order chi connectivity index (χ1) is 9.28. The molecule has 1 aliphatic heterocycles. The molecule has 0 amide bonds. The highest BCUT2D eigenvalue weighted by Crippen LogP contribution is 2.33. The van der Waals surface area contributed by atoms with Crippen LogP contribution in [0.15, 0.2) is 36.5 Å². The van der Waals surface area contributed by atoms with Crippen molar-refractivity contribution in [2.45, 2.75) is 25.5 Å². The third-order valence-corrected chi connectivity index (χ3v) is 3.52. The van der Waals surface area contributed by atoms with Crippen LogP contribution in [0.5, 0.6) is 5.75 Å². The molecule has 2 unspecified atom stereocenters. The SMILES string of the molecule is CCNC(c1ccn(C)n1)C1Cc2ccccc2O1. The molecule has 19 heavy (non-hydrogen) atoms. The van der Waals surface area contributed by atoms with Gasteiger partial charge in [0.1, 0.15) is 11.9 Å². The maximum absolute atomic E-state index is 6.07. The van der Waals surface area contributed by atoms with Gasteiger partial charge in [0.05, 0.1) is 11.7 Å². The predicted molar refractivity (Wildman–Crippen MR) is 74.2 cm³/mol. The minimum atomic E-state index is 0.118. The molecular weight excluding hydrogens is 238 g/mol. The summed E-state index contributed by atoms with van der Waals surface area (Å²) in [5.74, 6) is 1.01. The fourth-order valence-electron chi connectivity index (χ4n) is 2.64. The van der Waals surface area contributed by atoms with Crippen molar-refractivity contribution < 1.29 is 4.74 Å². The van der Waals surface area contributed by atoms with Gasteiger partial charge in [-0.25, -0.2) is 0 Å².